The zero-order valence-corrected chi connectivity index (χ0v) is 32.6. The molecule has 0 aliphatic carbocycles. The molecule has 0 fully saturated rings. The molecule has 4 N–H and O–H groups in total. The van der Waals surface area contributed by atoms with Crippen LogP contribution in [0.1, 0.15) is 261 Å². The molecule has 6 nitrogen and oxygen atoms in total. The van der Waals surface area contributed by atoms with E-state index in [4.69, 9.17) is 11.5 Å². The Morgan fingerprint density at radius 1 is 0.360 bits per heavy atom. The summed E-state index contributed by atoms with van der Waals surface area (Å²) in [6.07, 6.45) is 37.5. The molecule has 0 aliphatic heterocycles. The minimum Gasteiger partial charge on any atom is -0.366 e. The van der Waals surface area contributed by atoms with Crippen molar-refractivity contribution in [1.82, 2.24) is 0 Å². The molecule has 50 heavy (non-hydrogen) atoms. The number of hydrogen-bond donors (Lipinski definition) is 2. The van der Waals surface area contributed by atoms with Gasteiger partial charge in [0.15, 0.2) is 11.6 Å². The Hall–Kier alpha value is -2.50. The second-order valence-corrected chi connectivity index (χ2v) is 14.9. The Kier molecular flexibility index (Phi) is 28.5. The standard InChI is InChI=1S/C44H76N2O4/c1-3-5-7-9-11-13-15-17-19-21-23-25-27-29-31-33-39(47)37-35-36-38(43(45)49)41(42(37)44(46)50)40(48)34-32-30-28-26-24-22-20-18-16-14-12-10-8-6-4-2/h35-36H,3-34H2,1-2H3,(H2,45,49)(H2,46,50). The summed E-state index contributed by atoms with van der Waals surface area (Å²) in [5.74, 6) is -2.23. The number of benzene rings is 1. The molecular weight excluding hydrogens is 620 g/mol. The maximum Gasteiger partial charge on any atom is 0.250 e. The Bertz CT molecular complexity index is 1070. The number of hydrogen-bond acceptors (Lipinski definition) is 4. The lowest BCUT2D eigenvalue weighted by Crippen LogP contribution is -2.25. The van der Waals surface area contributed by atoms with Crippen molar-refractivity contribution in [3.63, 3.8) is 0 Å². The lowest BCUT2D eigenvalue weighted by Gasteiger charge is -2.14. The molecular formula is C44H76N2O4. The van der Waals surface area contributed by atoms with Crippen molar-refractivity contribution in [1.29, 1.82) is 0 Å². The first-order valence-electron chi connectivity index (χ1n) is 21.2. The number of rotatable bonds is 36. The van der Waals surface area contributed by atoms with E-state index in [-0.39, 0.29) is 46.7 Å². The largest absolute Gasteiger partial charge is 0.366 e. The Labute approximate surface area is 307 Å². The number of primary amides is 2. The lowest BCUT2D eigenvalue weighted by molar-refractivity contribution is 0.0932. The minimum atomic E-state index is -0.868. The van der Waals surface area contributed by atoms with Gasteiger partial charge in [-0.25, -0.2) is 0 Å². The third-order valence-corrected chi connectivity index (χ3v) is 10.3. The van der Waals surface area contributed by atoms with E-state index in [2.05, 4.69) is 13.8 Å². The quantitative estimate of drug-likeness (QED) is 0.0535. The van der Waals surface area contributed by atoms with Crippen molar-refractivity contribution in [2.24, 2.45) is 11.5 Å². The van der Waals surface area contributed by atoms with Gasteiger partial charge < -0.3 is 11.5 Å². The second kappa shape index (κ2) is 31.3. The van der Waals surface area contributed by atoms with Gasteiger partial charge in [0.2, 0.25) is 11.8 Å². The Morgan fingerprint density at radius 3 is 0.940 bits per heavy atom. The molecule has 0 unspecified atom stereocenters. The summed E-state index contributed by atoms with van der Waals surface area (Å²) in [7, 11) is 0. The van der Waals surface area contributed by atoms with Gasteiger partial charge in [-0.15, -0.1) is 0 Å². The van der Waals surface area contributed by atoms with Crippen LogP contribution in [0, 0.1) is 0 Å². The monoisotopic (exact) mass is 697 g/mol. The molecule has 0 aromatic heterocycles. The number of Topliss-reactive ketones (excluding diaryl/α,β-unsaturated/α-hetero) is 2. The van der Waals surface area contributed by atoms with E-state index < -0.39 is 11.8 Å². The fourth-order valence-electron chi connectivity index (χ4n) is 7.16. The number of nitrogens with two attached hydrogens (primary N) is 2. The van der Waals surface area contributed by atoms with Crippen LogP contribution in [0.4, 0.5) is 0 Å². The molecule has 0 aliphatic rings. The van der Waals surface area contributed by atoms with Crippen LogP contribution in [0.3, 0.4) is 0 Å². The maximum absolute atomic E-state index is 13.4. The van der Waals surface area contributed by atoms with Gasteiger partial charge in [0.05, 0.1) is 11.1 Å². The fraction of sp³-hybridized carbons (Fsp3) is 0.773. The molecule has 0 atom stereocenters. The molecule has 0 saturated carbocycles. The van der Waals surface area contributed by atoms with Crippen molar-refractivity contribution in [3.8, 4) is 0 Å². The maximum atomic E-state index is 13.4. The number of ketones is 2. The van der Waals surface area contributed by atoms with Crippen LogP contribution in [0.2, 0.25) is 0 Å². The van der Waals surface area contributed by atoms with Gasteiger partial charge in [0.1, 0.15) is 0 Å². The molecule has 1 aromatic rings. The van der Waals surface area contributed by atoms with Gasteiger partial charge in [0, 0.05) is 24.0 Å². The molecule has 2 amide bonds. The molecule has 1 rings (SSSR count). The second-order valence-electron chi connectivity index (χ2n) is 14.9. The molecule has 0 radical (unpaired) electrons. The highest BCUT2D eigenvalue weighted by molar-refractivity contribution is 6.18. The van der Waals surface area contributed by atoms with Crippen LogP contribution in [0.15, 0.2) is 12.1 Å². The van der Waals surface area contributed by atoms with E-state index in [1.807, 2.05) is 0 Å². The number of carbonyl (C=O) groups excluding carboxylic acids is 4. The van der Waals surface area contributed by atoms with Crippen molar-refractivity contribution >= 4 is 23.4 Å². The Morgan fingerprint density at radius 2 is 0.640 bits per heavy atom. The van der Waals surface area contributed by atoms with E-state index in [1.165, 1.54) is 160 Å². The molecule has 0 saturated heterocycles. The van der Waals surface area contributed by atoms with Gasteiger partial charge in [-0.1, -0.05) is 194 Å². The molecule has 0 heterocycles. The predicted octanol–water partition coefficient (Wildman–Crippen LogP) is 12.8. The first kappa shape index (κ1) is 45.5. The van der Waals surface area contributed by atoms with Gasteiger partial charge in [-0.2, -0.15) is 0 Å². The summed E-state index contributed by atoms with van der Waals surface area (Å²) in [6, 6.07) is 2.85. The van der Waals surface area contributed by atoms with Crippen molar-refractivity contribution in [2.45, 2.75) is 219 Å². The highest BCUT2D eigenvalue weighted by atomic mass is 16.2. The van der Waals surface area contributed by atoms with Gasteiger partial charge in [0.25, 0.3) is 0 Å². The molecule has 0 spiro atoms. The summed E-state index contributed by atoms with van der Waals surface area (Å²) in [6.45, 7) is 4.52. The van der Waals surface area contributed by atoms with Crippen molar-refractivity contribution < 1.29 is 19.2 Å². The smallest absolute Gasteiger partial charge is 0.250 e. The van der Waals surface area contributed by atoms with E-state index >= 15 is 0 Å². The summed E-state index contributed by atoms with van der Waals surface area (Å²) in [5.41, 5.74) is 11.2. The fourth-order valence-corrected chi connectivity index (χ4v) is 7.16. The van der Waals surface area contributed by atoms with Crippen LogP contribution in [0.5, 0.6) is 0 Å². The average molecular weight is 697 g/mol. The van der Waals surface area contributed by atoms with Crippen molar-refractivity contribution in [3.05, 3.63) is 34.4 Å². The van der Waals surface area contributed by atoms with Crippen LogP contribution < -0.4 is 11.5 Å². The third-order valence-electron chi connectivity index (χ3n) is 10.3. The van der Waals surface area contributed by atoms with Gasteiger partial charge in [-0.05, 0) is 25.0 Å². The van der Waals surface area contributed by atoms with E-state index in [0.29, 0.717) is 6.42 Å². The first-order valence-corrected chi connectivity index (χ1v) is 21.2. The normalized spacial score (nSPS) is 11.2. The van der Waals surface area contributed by atoms with Gasteiger partial charge in [-0.3, -0.25) is 19.2 Å². The van der Waals surface area contributed by atoms with Gasteiger partial charge >= 0.3 is 0 Å². The number of unbranched alkanes of at least 4 members (excludes halogenated alkanes) is 28. The highest BCUT2D eigenvalue weighted by Crippen LogP contribution is 2.25. The summed E-state index contributed by atoms with van der Waals surface area (Å²) in [4.78, 5) is 51.5. The van der Waals surface area contributed by atoms with Crippen LogP contribution in [0.25, 0.3) is 0 Å². The lowest BCUT2D eigenvalue weighted by atomic mass is 9.88. The third kappa shape index (κ3) is 21.7. The van der Waals surface area contributed by atoms with E-state index in [0.717, 1.165) is 38.5 Å². The van der Waals surface area contributed by atoms with Crippen LogP contribution >= 0.6 is 0 Å². The Balaban J connectivity index is 2.40. The zero-order chi connectivity index (χ0) is 36.7. The van der Waals surface area contributed by atoms with Crippen LogP contribution in [-0.2, 0) is 0 Å². The topological polar surface area (TPSA) is 120 Å². The minimum absolute atomic E-state index is 0.0340. The predicted molar refractivity (Wildman–Crippen MR) is 211 cm³/mol. The number of carbonyl (C=O) groups is 4. The zero-order valence-electron chi connectivity index (χ0n) is 32.6. The van der Waals surface area contributed by atoms with Crippen molar-refractivity contribution in [2.75, 3.05) is 0 Å². The summed E-state index contributed by atoms with van der Waals surface area (Å²) in [5, 5.41) is 0. The van der Waals surface area contributed by atoms with Crippen LogP contribution in [-0.4, -0.2) is 23.4 Å². The average Bonchev–Trinajstić information content (AvgIpc) is 3.10. The molecule has 0 bridgehead atoms. The van der Waals surface area contributed by atoms with E-state index in [1.54, 1.807) is 0 Å². The molecule has 6 heteroatoms. The number of amides is 2. The summed E-state index contributed by atoms with van der Waals surface area (Å²) >= 11 is 0. The molecule has 286 valence electrons. The SMILES string of the molecule is CCCCCCCCCCCCCCCCCC(=O)c1ccc(C(N)=O)c(C(=O)CCCCCCCCCCCCCCCCC)c1C(N)=O. The highest BCUT2D eigenvalue weighted by Gasteiger charge is 2.27. The summed E-state index contributed by atoms with van der Waals surface area (Å²) < 4.78 is 0. The van der Waals surface area contributed by atoms with E-state index in [9.17, 15) is 19.2 Å². The molecule has 1 aromatic carbocycles. The first-order chi connectivity index (χ1) is 24.3.